The molecule has 0 radical (unpaired) electrons. The molecule has 0 aromatic heterocycles. The van der Waals surface area contributed by atoms with Gasteiger partial charge in [-0.05, 0) is 49.2 Å². The zero-order chi connectivity index (χ0) is 22.6. The zero-order valence-electron chi connectivity index (χ0n) is 18.9. The van der Waals surface area contributed by atoms with E-state index < -0.39 is 6.10 Å². The number of benzene rings is 2. The predicted octanol–water partition coefficient (Wildman–Crippen LogP) is 2.52. The highest BCUT2D eigenvalue weighted by atomic mass is 16.5. The van der Waals surface area contributed by atoms with Crippen LogP contribution in [-0.2, 0) is 6.54 Å². The molecule has 0 aliphatic heterocycles. The molecular weight excluding hydrogens is 398 g/mol. The summed E-state index contributed by atoms with van der Waals surface area (Å²) in [6.45, 7) is 5.54. The number of aliphatic hydroxyl groups excluding tert-OH is 1. The maximum absolute atomic E-state index is 10.3. The van der Waals surface area contributed by atoms with Crippen LogP contribution in [0.5, 0.6) is 23.0 Å². The summed E-state index contributed by atoms with van der Waals surface area (Å²) in [5.41, 5.74) is 2.01. The van der Waals surface area contributed by atoms with Gasteiger partial charge in [-0.1, -0.05) is 12.1 Å². The van der Waals surface area contributed by atoms with Crippen molar-refractivity contribution in [1.29, 1.82) is 0 Å². The van der Waals surface area contributed by atoms with Crippen LogP contribution in [0.3, 0.4) is 0 Å². The maximum atomic E-state index is 10.3. The standard InChI is InChI=1S/C23H33N3O5/c1-6-24-23(26-14-18(27)15-31-19-9-7-8-16(2)10-19)25-13-17-11-20(28-3)22(30-5)21(12-17)29-4/h7-12,18,27H,6,13-15H2,1-5H3,(H2,24,25,26). The Morgan fingerprint density at radius 2 is 1.74 bits per heavy atom. The Morgan fingerprint density at radius 1 is 1.03 bits per heavy atom. The molecule has 0 spiro atoms. The Balaban J connectivity index is 1.96. The fraction of sp³-hybridized carbons (Fsp3) is 0.435. The number of rotatable bonds is 11. The summed E-state index contributed by atoms with van der Waals surface area (Å²) in [6.07, 6.45) is -0.689. The average molecular weight is 432 g/mol. The second kappa shape index (κ2) is 12.5. The Bertz CT molecular complexity index is 832. The van der Waals surface area contributed by atoms with Gasteiger partial charge in [-0.2, -0.15) is 0 Å². The van der Waals surface area contributed by atoms with Crippen LogP contribution in [-0.4, -0.2) is 58.2 Å². The van der Waals surface area contributed by atoms with Gasteiger partial charge in [0.15, 0.2) is 17.5 Å². The first-order valence-electron chi connectivity index (χ1n) is 10.2. The third-order valence-electron chi connectivity index (χ3n) is 4.43. The van der Waals surface area contributed by atoms with Crippen LogP contribution in [0, 0.1) is 6.92 Å². The lowest BCUT2D eigenvalue weighted by molar-refractivity contribution is 0.110. The Hall–Kier alpha value is -3.13. The van der Waals surface area contributed by atoms with Gasteiger partial charge in [0, 0.05) is 13.1 Å². The fourth-order valence-corrected chi connectivity index (χ4v) is 2.91. The minimum Gasteiger partial charge on any atom is -0.493 e. The van der Waals surface area contributed by atoms with Crippen LogP contribution in [0.1, 0.15) is 18.1 Å². The molecule has 0 aliphatic carbocycles. The Morgan fingerprint density at radius 3 is 2.32 bits per heavy atom. The van der Waals surface area contributed by atoms with Crippen molar-refractivity contribution >= 4 is 5.96 Å². The number of hydrogen-bond donors (Lipinski definition) is 3. The van der Waals surface area contributed by atoms with Gasteiger partial charge in [0.25, 0.3) is 0 Å². The summed E-state index contributed by atoms with van der Waals surface area (Å²) in [5, 5.41) is 16.6. The Labute approximate surface area is 184 Å². The zero-order valence-corrected chi connectivity index (χ0v) is 18.9. The monoisotopic (exact) mass is 431 g/mol. The quantitative estimate of drug-likeness (QED) is 0.372. The summed E-state index contributed by atoms with van der Waals surface area (Å²) < 4.78 is 21.8. The molecule has 8 heteroatoms. The average Bonchev–Trinajstić information content (AvgIpc) is 2.78. The van der Waals surface area contributed by atoms with E-state index in [0.29, 0.717) is 42.8 Å². The summed E-state index contributed by atoms with van der Waals surface area (Å²) in [5.74, 6) is 3.02. The van der Waals surface area contributed by atoms with Crippen LogP contribution in [0.2, 0.25) is 0 Å². The van der Waals surface area contributed by atoms with E-state index in [1.807, 2.05) is 50.2 Å². The van der Waals surface area contributed by atoms with E-state index in [9.17, 15) is 5.11 Å². The van der Waals surface area contributed by atoms with Crippen LogP contribution >= 0.6 is 0 Å². The lowest BCUT2D eigenvalue weighted by Crippen LogP contribution is -2.42. The molecule has 0 saturated heterocycles. The van der Waals surface area contributed by atoms with E-state index in [1.165, 1.54) is 0 Å². The summed E-state index contributed by atoms with van der Waals surface area (Å²) in [6, 6.07) is 11.4. The van der Waals surface area contributed by atoms with E-state index in [1.54, 1.807) is 21.3 Å². The molecule has 1 atom stereocenters. The molecule has 31 heavy (non-hydrogen) atoms. The molecule has 1 unspecified atom stereocenters. The molecule has 0 amide bonds. The van der Waals surface area contributed by atoms with Crippen molar-refractivity contribution in [3.8, 4) is 23.0 Å². The number of hydrogen-bond acceptors (Lipinski definition) is 6. The molecule has 0 fully saturated rings. The third kappa shape index (κ3) is 7.57. The van der Waals surface area contributed by atoms with Gasteiger partial charge in [0.2, 0.25) is 5.75 Å². The topological polar surface area (TPSA) is 93.6 Å². The Kier molecular flexibility index (Phi) is 9.77. The van der Waals surface area contributed by atoms with Gasteiger partial charge in [-0.25, -0.2) is 4.99 Å². The maximum Gasteiger partial charge on any atom is 0.203 e. The summed E-state index contributed by atoms with van der Waals surface area (Å²) in [7, 11) is 4.73. The fourth-order valence-electron chi connectivity index (χ4n) is 2.91. The second-order valence-corrected chi connectivity index (χ2v) is 6.89. The number of ether oxygens (including phenoxy) is 4. The van der Waals surface area contributed by atoms with Crippen molar-refractivity contribution < 1.29 is 24.1 Å². The van der Waals surface area contributed by atoms with E-state index in [0.717, 1.165) is 16.9 Å². The van der Waals surface area contributed by atoms with E-state index in [-0.39, 0.29) is 6.61 Å². The molecule has 0 aliphatic rings. The second-order valence-electron chi connectivity index (χ2n) is 6.89. The first kappa shape index (κ1) is 24.1. The highest BCUT2D eigenvalue weighted by molar-refractivity contribution is 5.79. The largest absolute Gasteiger partial charge is 0.493 e. The summed E-state index contributed by atoms with van der Waals surface area (Å²) >= 11 is 0. The molecule has 2 aromatic rings. The molecule has 2 aromatic carbocycles. The van der Waals surface area contributed by atoms with Gasteiger partial charge in [0.05, 0.1) is 27.9 Å². The van der Waals surface area contributed by atoms with Crippen molar-refractivity contribution in [2.24, 2.45) is 4.99 Å². The van der Waals surface area contributed by atoms with Gasteiger partial charge in [-0.3, -0.25) is 0 Å². The molecule has 170 valence electrons. The molecule has 3 N–H and O–H groups in total. The van der Waals surface area contributed by atoms with Crippen molar-refractivity contribution in [3.63, 3.8) is 0 Å². The number of guanidine groups is 1. The van der Waals surface area contributed by atoms with Crippen LogP contribution in [0.15, 0.2) is 41.4 Å². The van der Waals surface area contributed by atoms with Crippen molar-refractivity contribution in [1.82, 2.24) is 10.6 Å². The first-order valence-corrected chi connectivity index (χ1v) is 10.2. The van der Waals surface area contributed by atoms with Gasteiger partial charge < -0.3 is 34.7 Å². The number of methoxy groups -OCH3 is 3. The minimum absolute atomic E-state index is 0.183. The summed E-state index contributed by atoms with van der Waals surface area (Å²) in [4.78, 5) is 4.58. The van der Waals surface area contributed by atoms with E-state index >= 15 is 0 Å². The molecule has 0 bridgehead atoms. The van der Waals surface area contributed by atoms with Crippen LogP contribution in [0.25, 0.3) is 0 Å². The van der Waals surface area contributed by atoms with Gasteiger partial charge in [-0.15, -0.1) is 0 Å². The first-order chi connectivity index (χ1) is 15.0. The molecule has 2 rings (SSSR count). The number of aryl methyl sites for hydroxylation is 1. The highest BCUT2D eigenvalue weighted by Crippen LogP contribution is 2.38. The van der Waals surface area contributed by atoms with Gasteiger partial charge in [0.1, 0.15) is 18.5 Å². The third-order valence-corrected chi connectivity index (χ3v) is 4.43. The van der Waals surface area contributed by atoms with Crippen LogP contribution < -0.4 is 29.6 Å². The lowest BCUT2D eigenvalue weighted by atomic mass is 10.2. The number of aliphatic hydroxyl groups is 1. The number of aliphatic imine (C=N–C) groups is 1. The molecule has 8 nitrogen and oxygen atoms in total. The minimum atomic E-state index is -0.689. The highest BCUT2D eigenvalue weighted by Gasteiger charge is 2.13. The van der Waals surface area contributed by atoms with Crippen molar-refractivity contribution in [2.45, 2.75) is 26.5 Å². The van der Waals surface area contributed by atoms with Crippen molar-refractivity contribution in [2.75, 3.05) is 41.0 Å². The smallest absolute Gasteiger partial charge is 0.203 e. The number of nitrogens with one attached hydrogen (secondary N) is 2. The predicted molar refractivity (Wildman–Crippen MR) is 122 cm³/mol. The molecular formula is C23H33N3O5. The molecule has 0 heterocycles. The SMILES string of the molecule is CCNC(=NCc1cc(OC)c(OC)c(OC)c1)NCC(O)COc1cccc(C)c1. The molecule has 0 saturated carbocycles. The normalized spacial score (nSPS) is 12.1. The number of nitrogens with zero attached hydrogens (tertiary/aromatic N) is 1. The van der Waals surface area contributed by atoms with Gasteiger partial charge >= 0.3 is 0 Å². The van der Waals surface area contributed by atoms with Crippen LogP contribution in [0.4, 0.5) is 0 Å². The van der Waals surface area contributed by atoms with Crippen molar-refractivity contribution in [3.05, 3.63) is 47.5 Å². The lowest BCUT2D eigenvalue weighted by Gasteiger charge is -2.16. The van der Waals surface area contributed by atoms with E-state index in [2.05, 4.69) is 15.6 Å². The van der Waals surface area contributed by atoms with E-state index in [4.69, 9.17) is 18.9 Å².